The Hall–Kier alpha value is -2.48. The first-order chi connectivity index (χ1) is 17.9. The first-order valence-corrected chi connectivity index (χ1v) is 14.1. The molecule has 2 saturated heterocycles. The van der Waals surface area contributed by atoms with Crippen molar-refractivity contribution in [3.05, 3.63) is 63.9 Å². The molecule has 7 nitrogen and oxygen atoms in total. The van der Waals surface area contributed by atoms with Gasteiger partial charge in [-0.1, -0.05) is 30.7 Å². The SMILES string of the molecule is CC[C@H](N)C(=O)N1CCC(CC(=O)N2CCN(C3c4ccc(Cl)cc4CCc4cccnc43)CC2)CC1. The van der Waals surface area contributed by atoms with E-state index in [4.69, 9.17) is 22.3 Å². The topological polar surface area (TPSA) is 82.8 Å². The first-order valence-electron chi connectivity index (χ1n) is 13.7. The average molecular weight is 524 g/mol. The third kappa shape index (κ3) is 5.69. The van der Waals surface area contributed by atoms with Gasteiger partial charge in [-0.05, 0) is 72.9 Å². The summed E-state index contributed by atoms with van der Waals surface area (Å²) in [6.07, 6.45) is 6.78. The highest BCUT2D eigenvalue weighted by molar-refractivity contribution is 6.30. The van der Waals surface area contributed by atoms with Crippen molar-refractivity contribution in [1.29, 1.82) is 0 Å². The van der Waals surface area contributed by atoms with Crippen LogP contribution in [-0.2, 0) is 22.4 Å². The highest BCUT2D eigenvalue weighted by Gasteiger charge is 2.34. The highest BCUT2D eigenvalue weighted by atomic mass is 35.5. The van der Waals surface area contributed by atoms with Crippen molar-refractivity contribution in [3.63, 3.8) is 0 Å². The van der Waals surface area contributed by atoms with E-state index in [0.717, 1.165) is 62.6 Å². The number of carbonyl (C=O) groups excluding carboxylic acids is 2. The number of piperazine rings is 1. The minimum atomic E-state index is -0.408. The van der Waals surface area contributed by atoms with Crippen LogP contribution in [0.25, 0.3) is 0 Å². The predicted octanol–water partition coefficient (Wildman–Crippen LogP) is 3.43. The third-order valence-electron chi connectivity index (χ3n) is 8.43. The number of rotatable bonds is 5. The zero-order chi connectivity index (χ0) is 25.9. The van der Waals surface area contributed by atoms with E-state index in [9.17, 15) is 9.59 Å². The molecule has 0 radical (unpaired) electrons. The molecule has 2 aliphatic heterocycles. The van der Waals surface area contributed by atoms with E-state index < -0.39 is 6.04 Å². The van der Waals surface area contributed by atoms with Crippen LogP contribution in [0.3, 0.4) is 0 Å². The number of fused-ring (bicyclic) bond motifs is 2. The fraction of sp³-hybridized carbons (Fsp3) is 0.552. The fourth-order valence-corrected chi connectivity index (χ4v) is 6.32. The molecule has 0 bridgehead atoms. The molecule has 2 atom stereocenters. The number of nitrogens with two attached hydrogens (primary N) is 1. The molecule has 8 heteroatoms. The molecule has 1 unspecified atom stereocenters. The minimum Gasteiger partial charge on any atom is -0.341 e. The quantitative estimate of drug-likeness (QED) is 0.649. The Morgan fingerprint density at radius 3 is 2.49 bits per heavy atom. The van der Waals surface area contributed by atoms with E-state index >= 15 is 0 Å². The molecule has 0 saturated carbocycles. The average Bonchev–Trinajstić information content (AvgIpc) is 3.09. The van der Waals surface area contributed by atoms with Crippen LogP contribution in [0, 0.1) is 5.92 Å². The van der Waals surface area contributed by atoms with Crippen LogP contribution in [0.2, 0.25) is 5.02 Å². The summed E-state index contributed by atoms with van der Waals surface area (Å²) >= 11 is 6.35. The van der Waals surface area contributed by atoms with Gasteiger partial charge in [0.25, 0.3) is 0 Å². The Morgan fingerprint density at radius 2 is 1.76 bits per heavy atom. The van der Waals surface area contributed by atoms with Gasteiger partial charge in [0, 0.05) is 56.9 Å². The maximum Gasteiger partial charge on any atom is 0.239 e. The third-order valence-corrected chi connectivity index (χ3v) is 8.66. The summed E-state index contributed by atoms with van der Waals surface area (Å²) in [6.45, 7) is 6.43. The van der Waals surface area contributed by atoms with Crippen LogP contribution in [0.4, 0.5) is 0 Å². The maximum atomic E-state index is 13.2. The molecule has 198 valence electrons. The summed E-state index contributed by atoms with van der Waals surface area (Å²) in [5.74, 6) is 0.616. The van der Waals surface area contributed by atoms with E-state index in [1.165, 1.54) is 16.7 Å². The second-order valence-electron chi connectivity index (χ2n) is 10.7. The van der Waals surface area contributed by atoms with Gasteiger partial charge in [-0.25, -0.2) is 0 Å². The van der Waals surface area contributed by atoms with Crippen molar-refractivity contribution in [2.75, 3.05) is 39.3 Å². The van der Waals surface area contributed by atoms with Crippen molar-refractivity contribution >= 4 is 23.4 Å². The second-order valence-corrected chi connectivity index (χ2v) is 11.1. The second kappa shape index (κ2) is 11.5. The number of likely N-dealkylation sites (tertiary alicyclic amines) is 1. The van der Waals surface area contributed by atoms with E-state index in [0.29, 0.717) is 31.8 Å². The van der Waals surface area contributed by atoms with Crippen molar-refractivity contribution in [3.8, 4) is 0 Å². The molecule has 2 aromatic rings. The Labute approximate surface area is 225 Å². The van der Waals surface area contributed by atoms with Crippen LogP contribution in [-0.4, -0.2) is 76.8 Å². The van der Waals surface area contributed by atoms with Crippen molar-refractivity contribution in [1.82, 2.24) is 19.7 Å². The lowest BCUT2D eigenvalue weighted by molar-refractivity contribution is -0.136. The maximum absolute atomic E-state index is 13.2. The Bertz CT molecular complexity index is 1130. The summed E-state index contributed by atoms with van der Waals surface area (Å²) in [5.41, 5.74) is 10.9. The van der Waals surface area contributed by atoms with E-state index in [1.54, 1.807) is 0 Å². The summed E-state index contributed by atoms with van der Waals surface area (Å²) in [6, 6.07) is 10.1. The number of nitrogens with zero attached hydrogens (tertiary/aromatic N) is 4. The van der Waals surface area contributed by atoms with Gasteiger partial charge in [0.2, 0.25) is 11.8 Å². The van der Waals surface area contributed by atoms with E-state index in [2.05, 4.69) is 23.1 Å². The van der Waals surface area contributed by atoms with Gasteiger partial charge in [0.1, 0.15) is 0 Å². The summed E-state index contributed by atoms with van der Waals surface area (Å²) in [4.78, 5) is 36.8. The smallest absolute Gasteiger partial charge is 0.239 e. The van der Waals surface area contributed by atoms with Crippen molar-refractivity contribution in [2.24, 2.45) is 11.7 Å². The Balaban J connectivity index is 1.20. The first kappa shape index (κ1) is 26.1. The van der Waals surface area contributed by atoms with Crippen LogP contribution in [0.1, 0.15) is 61.0 Å². The molecule has 37 heavy (non-hydrogen) atoms. The fourth-order valence-electron chi connectivity index (χ4n) is 6.12. The van der Waals surface area contributed by atoms with Crippen LogP contribution >= 0.6 is 11.6 Å². The van der Waals surface area contributed by atoms with Crippen LogP contribution < -0.4 is 5.73 Å². The molecule has 1 aromatic heterocycles. The van der Waals surface area contributed by atoms with Gasteiger partial charge < -0.3 is 15.5 Å². The predicted molar refractivity (Wildman–Crippen MR) is 145 cm³/mol. The monoisotopic (exact) mass is 523 g/mol. The summed E-state index contributed by atoms with van der Waals surface area (Å²) < 4.78 is 0. The van der Waals surface area contributed by atoms with Gasteiger partial charge in [0.15, 0.2) is 0 Å². The number of benzene rings is 1. The molecular formula is C29H38ClN5O2. The molecule has 2 N–H and O–H groups in total. The number of aromatic nitrogens is 1. The van der Waals surface area contributed by atoms with Gasteiger partial charge in [0.05, 0.1) is 17.8 Å². The van der Waals surface area contributed by atoms with Gasteiger partial charge in [-0.3, -0.25) is 19.5 Å². The van der Waals surface area contributed by atoms with Gasteiger partial charge >= 0.3 is 0 Å². The summed E-state index contributed by atoms with van der Waals surface area (Å²) in [7, 11) is 0. The number of pyridine rings is 1. The number of amides is 2. The van der Waals surface area contributed by atoms with Crippen molar-refractivity contribution in [2.45, 2.75) is 57.5 Å². The molecule has 0 spiro atoms. The standard InChI is InChI=1S/C29H38ClN5O2/c1-2-25(31)29(37)35-12-9-20(10-13-35)18-26(36)33-14-16-34(17-15-33)28-24-8-7-23(30)19-22(24)6-5-21-4-3-11-32-27(21)28/h3-4,7-8,11,19-20,25,28H,2,5-6,9-10,12-18,31H2,1H3/t25-,28?/m0/s1. The normalized spacial score (nSPS) is 21.6. The summed E-state index contributed by atoms with van der Waals surface area (Å²) in [5, 5.41) is 0.773. The minimum absolute atomic E-state index is 0.0434. The highest BCUT2D eigenvalue weighted by Crippen LogP contribution is 2.37. The molecule has 3 heterocycles. The number of hydrogen-bond donors (Lipinski definition) is 1. The van der Waals surface area contributed by atoms with Crippen molar-refractivity contribution < 1.29 is 9.59 Å². The Kier molecular flexibility index (Phi) is 8.12. The molecule has 5 rings (SSSR count). The van der Waals surface area contributed by atoms with Gasteiger partial charge in [-0.2, -0.15) is 0 Å². The lowest BCUT2D eigenvalue weighted by Crippen LogP contribution is -2.51. The molecule has 1 aliphatic carbocycles. The molecule has 3 aliphatic rings. The molecule has 2 fully saturated rings. The molecule has 2 amide bonds. The molecule has 1 aromatic carbocycles. The van der Waals surface area contributed by atoms with E-state index in [1.807, 2.05) is 35.1 Å². The van der Waals surface area contributed by atoms with Crippen LogP contribution in [0.15, 0.2) is 36.5 Å². The van der Waals surface area contributed by atoms with E-state index in [-0.39, 0.29) is 17.9 Å². The lowest BCUT2D eigenvalue weighted by atomic mass is 9.92. The zero-order valence-electron chi connectivity index (χ0n) is 21.7. The zero-order valence-corrected chi connectivity index (χ0v) is 22.5. The number of aryl methyl sites for hydroxylation is 2. The number of piperidine rings is 1. The van der Waals surface area contributed by atoms with Gasteiger partial charge in [-0.15, -0.1) is 0 Å². The largest absolute Gasteiger partial charge is 0.341 e. The number of carbonyl (C=O) groups is 2. The lowest BCUT2D eigenvalue weighted by Gasteiger charge is -2.40. The van der Waals surface area contributed by atoms with Crippen LogP contribution in [0.5, 0.6) is 0 Å². The number of hydrogen-bond acceptors (Lipinski definition) is 5. The molecular weight excluding hydrogens is 486 g/mol. The Morgan fingerprint density at radius 1 is 1.03 bits per heavy atom. The number of halogens is 1.